The Morgan fingerprint density at radius 3 is 1.97 bits per heavy atom. The Kier molecular flexibility index (Phi) is 9.30. The molecule has 29 heavy (non-hydrogen) atoms. The molecule has 0 aliphatic heterocycles. The highest BCUT2D eigenvalue weighted by atomic mass is 15.2. The van der Waals surface area contributed by atoms with Crippen LogP contribution in [0.5, 0.6) is 0 Å². The number of anilines is 2. The second-order valence-electron chi connectivity index (χ2n) is 6.27. The van der Waals surface area contributed by atoms with E-state index < -0.39 is 0 Å². The molecule has 2 heterocycles. The fraction of sp³-hybridized carbons (Fsp3) is 0.240. The van der Waals surface area contributed by atoms with Crippen LogP contribution < -0.4 is 5.32 Å². The highest BCUT2D eigenvalue weighted by Crippen LogP contribution is 2.26. The van der Waals surface area contributed by atoms with Gasteiger partial charge in [-0.25, -0.2) is 0 Å². The first-order chi connectivity index (χ1) is 14.3. The average Bonchev–Trinajstić information content (AvgIpc) is 2.79. The van der Waals surface area contributed by atoms with Crippen molar-refractivity contribution in [2.75, 3.05) is 5.32 Å². The van der Waals surface area contributed by atoms with Gasteiger partial charge in [-0.2, -0.15) is 5.10 Å². The van der Waals surface area contributed by atoms with Gasteiger partial charge < -0.3 is 5.32 Å². The molecule has 2 aromatic carbocycles. The van der Waals surface area contributed by atoms with Crippen LogP contribution in [0.2, 0.25) is 0 Å². The summed E-state index contributed by atoms with van der Waals surface area (Å²) >= 11 is 0. The summed E-state index contributed by atoms with van der Waals surface area (Å²) < 4.78 is 0. The van der Waals surface area contributed by atoms with E-state index in [0.717, 1.165) is 34.4 Å². The van der Waals surface area contributed by atoms with E-state index in [0.29, 0.717) is 0 Å². The van der Waals surface area contributed by atoms with Crippen molar-refractivity contribution in [1.29, 1.82) is 0 Å². The molecular weight excluding hydrogens is 356 g/mol. The van der Waals surface area contributed by atoms with Crippen LogP contribution in [0, 0.1) is 0 Å². The number of para-hydroxylation sites is 1. The van der Waals surface area contributed by atoms with Crippen LogP contribution >= 0.6 is 0 Å². The lowest BCUT2D eigenvalue weighted by molar-refractivity contribution is 0.960. The summed E-state index contributed by atoms with van der Waals surface area (Å²) in [5.74, 6) is 0.773. The Labute approximate surface area is 174 Å². The highest BCUT2D eigenvalue weighted by Gasteiger charge is 2.09. The minimum atomic E-state index is 0.738. The first kappa shape index (κ1) is 22.0. The summed E-state index contributed by atoms with van der Waals surface area (Å²) in [6, 6.07) is 22.3. The smallest absolute Gasteiger partial charge is 0.160 e. The molecule has 4 rings (SSSR count). The predicted molar refractivity (Wildman–Crippen MR) is 124 cm³/mol. The molecule has 1 N–H and O–H groups in total. The standard InChI is InChI=1S/C20H16N4.C3H8.C2H6/c1-2-6-16(7-3-1)22-20-18-9-5-4-8-17(18)19(23-24-20)14-15-10-12-21-13-11-15;1-3-2;1-2/h1-13H,14H2,(H,22,24);3H2,1-2H3;1-2H3. The first-order valence-corrected chi connectivity index (χ1v) is 10.3. The molecule has 0 saturated heterocycles. The number of nitrogens with one attached hydrogen (secondary N) is 1. The third kappa shape index (κ3) is 6.39. The Morgan fingerprint density at radius 1 is 0.724 bits per heavy atom. The van der Waals surface area contributed by atoms with Crippen LogP contribution in [0.1, 0.15) is 45.4 Å². The van der Waals surface area contributed by atoms with Crippen LogP contribution in [-0.2, 0) is 6.42 Å². The molecule has 0 atom stereocenters. The second-order valence-corrected chi connectivity index (χ2v) is 6.27. The quantitative estimate of drug-likeness (QED) is 0.419. The summed E-state index contributed by atoms with van der Waals surface area (Å²) in [5, 5.41) is 14.4. The van der Waals surface area contributed by atoms with Gasteiger partial charge in [0.2, 0.25) is 0 Å². The lowest BCUT2D eigenvalue weighted by atomic mass is 10.0. The van der Waals surface area contributed by atoms with E-state index in [9.17, 15) is 0 Å². The molecule has 2 aromatic heterocycles. The topological polar surface area (TPSA) is 50.7 Å². The van der Waals surface area contributed by atoms with Crippen molar-refractivity contribution in [3.63, 3.8) is 0 Å². The molecule has 150 valence electrons. The summed E-state index contributed by atoms with van der Waals surface area (Å²) in [7, 11) is 0. The molecule has 0 unspecified atom stereocenters. The maximum absolute atomic E-state index is 4.47. The molecule has 0 aliphatic carbocycles. The molecular formula is C25H30N4. The van der Waals surface area contributed by atoms with Crippen molar-refractivity contribution < 1.29 is 0 Å². The highest BCUT2D eigenvalue weighted by molar-refractivity contribution is 5.94. The van der Waals surface area contributed by atoms with Crippen molar-refractivity contribution in [1.82, 2.24) is 15.2 Å². The molecule has 4 heteroatoms. The Bertz CT molecular complexity index is 890. The van der Waals surface area contributed by atoms with E-state index in [1.165, 1.54) is 12.0 Å². The fourth-order valence-corrected chi connectivity index (χ4v) is 2.73. The van der Waals surface area contributed by atoms with Crippen molar-refractivity contribution in [2.24, 2.45) is 0 Å². The molecule has 0 aliphatic rings. The Morgan fingerprint density at radius 2 is 1.31 bits per heavy atom. The largest absolute Gasteiger partial charge is 0.338 e. The van der Waals surface area contributed by atoms with Gasteiger partial charge in [0.05, 0.1) is 5.69 Å². The third-order valence-corrected chi connectivity index (χ3v) is 3.92. The number of nitrogens with zero attached hydrogens (tertiary/aromatic N) is 3. The lowest BCUT2D eigenvalue weighted by Gasteiger charge is -2.11. The second kappa shape index (κ2) is 12.2. The lowest BCUT2D eigenvalue weighted by Crippen LogP contribution is -2.02. The molecule has 0 bridgehead atoms. The molecule has 0 amide bonds. The van der Waals surface area contributed by atoms with E-state index in [4.69, 9.17) is 0 Å². The molecule has 0 fully saturated rings. The fourth-order valence-electron chi connectivity index (χ4n) is 2.73. The summed E-state index contributed by atoms with van der Waals surface area (Å²) in [4.78, 5) is 4.06. The van der Waals surface area contributed by atoms with Gasteiger partial charge in [0, 0.05) is 35.3 Å². The van der Waals surface area contributed by atoms with Gasteiger partial charge in [0.25, 0.3) is 0 Å². The molecule has 0 saturated carbocycles. The van der Waals surface area contributed by atoms with Crippen LogP contribution in [0.15, 0.2) is 79.1 Å². The van der Waals surface area contributed by atoms with E-state index in [2.05, 4.69) is 46.5 Å². The summed E-state index contributed by atoms with van der Waals surface area (Å²) in [6.45, 7) is 8.25. The maximum Gasteiger partial charge on any atom is 0.160 e. The SMILES string of the molecule is CC.CCC.c1ccc(Nc2nnc(Cc3ccncc3)c3ccccc23)cc1. The summed E-state index contributed by atoms with van der Waals surface area (Å²) in [6.07, 6.45) is 5.59. The molecule has 0 radical (unpaired) electrons. The van der Waals surface area contributed by atoms with Crippen molar-refractivity contribution in [3.05, 3.63) is 90.4 Å². The van der Waals surface area contributed by atoms with Crippen LogP contribution in [0.25, 0.3) is 10.8 Å². The molecule has 4 aromatic rings. The minimum Gasteiger partial charge on any atom is -0.338 e. The predicted octanol–water partition coefficient (Wildman–Crippen LogP) is 6.80. The van der Waals surface area contributed by atoms with E-state index >= 15 is 0 Å². The monoisotopic (exact) mass is 386 g/mol. The Hall–Kier alpha value is -3.27. The number of benzene rings is 2. The third-order valence-electron chi connectivity index (χ3n) is 3.92. The first-order valence-electron chi connectivity index (χ1n) is 10.3. The number of hydrogen-bond donors (Lipinski definition) is 1. The number of aromatic nitrogens is 3. The number of hydrogen-bond acceptors (Lipinski definition) is 4. The van der Waals surface area contributed by atoms with E-state index in [1.54, 1.807) is 12.4 Å². The normalized spacial score (nSPS) is 9.66. The number of rotatable bonds is 4. The van der Waals surface area contributed by atoms with Crippen molar-refractivity contribution >= 4 is 22.3 Å². The minimum absolute atomic E-state index is 0.738. The van der Waals surface area contributed by atoms with Gasteiger partial charge in [0.1, 0.15) is 0 Å². The Balaban J connectivity index is 0.000000551. The number of fused-ring (bicyclic) bond motifs is 1. The van der Waals surface area contributed by atoms with Gasteiger partial charge in [0.15, 0.2) is 5.82 Å². The van der Waals surface area contributed by atoms with Gasteiger partial charge in [-0.15, -0.1) is 5.10 Å². The average molecular weight is 387 g/mol. The van der Waals surface area contributed by atoms with Gasteiger partial charge >= 0.3 is 0 Å². The van der Waals surface area contributed by atoms with Crippen molar-refractivity contribution in [3.8, 4) is 0 Å². The molecule has 0 spiro atoms. The van der Waals surface area contributed by atoms with Gasteiger partial charge in [-0.3, -0.25) is 4.98 Å². The van der Waals surface area contributed by atoms with Gasteiger partial charge in [-0.05, 0) is 29.8 Å². The van der Waals surface area contributed by atoms with Crippen molar-refractivity contribution in [2.45, 2.75) is 40.5 Å². The van der Waals surface area contributed by atoms with Crippen LogP contribution in [-0.4, -0.2) is 15.2 Å². The maximum atomic E-state index is 4.47. The van der Waals surface area contributed by atoms with E-state index in [-0.39, 0.29) is 0 Å². The van der Waals surface area contributed by atoms with E-state index in [1.807, 2.05) is 68.4 Å². The zero-order valence-electron chi connectivity index (χ0n) is 17.8. The van der Waals surface area contributed by atoms with Crippen LogP contribution in [0.3, 0.4) is 0 Å². The number of pyridine rings is 1. The summed E-state index contributed by atoms with van der Waals surface area (Å²) in [5.41, 5.74) is 3.14. The van der Waals surface area contributed by atoms with Gasteiger partial charge in [-0.1, -0.05) is 76.6 Å². The zero-order chi connectivity index (χ0) is 20.9. The zero-order valence-corrected chi connectivity index (χ0v) is 17.8. The van der Waals surface area contributed by atoms with Crippen LogP contribution in [0.4, 0.5) is 11.5 Å². The molecule has 4 nitrogen and oxygen atoms in total.